The summed E-state index contributed by atoms with van der Waals surface area (Å²) in [5, 5.41) is 0. The number of aromatic nitrogens is 1. The molecule has 0 aliphatic rings. The molecule has 0 aromatic carbocycles. The van der Waals surface area contributed by atoms with Gasteiger partial charge in [-0.3, -0.25) is 9.59 Å². The molecular formula is C9H11NO2. The number of rotatable bonds is 2. The highest BCUT2D eigenvalue weighted by atomic mass is 16.1. The molecule has 0 fully saturated rings. The molecule has 3 nitrogen and oxygen atoms in total. The first-order chi connectivity index (χ1) is 5.66. The number of Topliss-reactive ketones (excluding diaryl/α,β-unsaturated/α-hetero) is 1. The largest absolute Gasteiger partial charge is 0.306 e. The Labute approximate surface area is 70.6 Å². The van der Waals surface area contributed by atoms with Crippen LogP contribution in [-0.4, -0.2) is 10.4 Å². The standard InChI is InChI=1S/C9H11NO2/c1-3-10-8(7(2)11)5-4-6-9(10)12/h4-6H,3H2,1-2H3. The van der Waals surface area contributed by atoms with Crippen LogP contribution in [0.1, 0.15) is 24.3 Å². The van der Waals surface area contributed by atoms with Gasteiger partial charge in [-0.1, -0.05) is 6.07 Å². The van der Waals surface area contributed by atoms with Gasteiger partial charge in [-0.25, -0.2) is 0 Å². The van der Waals surface area contributed by atoms with Crippen molar-refractivity contribution in [1.29, 1.82) is 0 Å². The van der Waals surface area contributed by atoms with Crippen LogP contribution in [0.2, 0.25) is 0 Å². The van der Waals surface area contributed by atoms with Gasteiger partial charge < -0.3 is 4.57 Å². The first kappa shape index (κ1) is 8.71. The second-order valence-electron chi connectivity index (χ2n) is 2.55. The van der Waals surface area contributed by atoms with Gasteiger partial charge in [0.25, 0.3) is 5.56 Å². The minimum absolute atomic E-state index is 0.0745. The van der Waals surface area contributed by atoms with E-state index < -0.39 is 0 Å². The summed E-state index contributed by atoms with van der Waals surface area (Å²) in [5.41, 5.74) is 0.357. The zero-order valence-electron chi connectivity index (χ0n) is 7.20. The highest BCUT2D eigenvalue weighted by Gasteiger charge is 2.04. The Morgan fingerprint density at radius 3 is 2.58 bits per heavy atom. The van der Waals surface area contributed by atoms with Gasteiger partial charge in [-0.2, -0.15) is 0 Å². The molecule has 0 aliphatic heterocycles. The van der Waals surface area contributed by atoms with Crippen molar-refractivity contribution in [2.45, 2.75) is 20.4 Å². The van der Waals surface area contributed by atoms with Crippen molar-refractivity contribution in [3.05, 3.63) is 34.2 Å². The summed E-state index contributed by atoms with van der Waals surface area (Å²) in [5.74, 6) is -0.0745. The molecule has 1 heterocycles. The molecule has 0 spiro atoms. The minimum Gasteiger partial charge on any atom is -0.306 e. The van der Waals surface area contributed by atoms with E-state index in [1.54, 1.807) is 12.1 Å². The third kappa shape index (κ3) is 1.44. The molecule has 3 heteroatoms. The van der Waals surface area contributed by atoms with Crippen LogP contribution in [0, 0.1) is 0 Å². The summed E-state index contributed by atoms with van der Waals surface area (Å²) in [7, 11) is 0. The van der Waals surface area contributed by atoms with Gasteiger partial charge in [-0.15, -0.1) is 0 Å². The normalized spacial score (nSPS) is 9.83. The maximum absolute atomic E-state index is 11.2. The average molecular weight is 165 g/mol. The van der Waals surface area contributed by atoms with Crippen molar-refractivity contribution >= 4 is 5.78 Å². The van der Waals surface area contributed by atoms with Gasteiger partial charge in [0, 0.05) is 19.5 Å². The van der Waals surface area contributed by atoms with Crippen LogP contribution in [0.15, 0.2) is 23.0 Å². The quantitative estimate of drug-likeness (QED) is 0.615. The van der Waals surface area contributed by atoms with Crippen LogP contribution >= 0.6 is 0 Å². The summed E-state index contributed by atoms with van der Waals surface area (Å²) in [6.07, 6.45) is 0. The lowest BCUT2D eigenvalue weighted by Gasteiger charge is -2.05. The van der Waals surface area contributed by atoms with Gasteiger partial charge in [-0.05, 0) is 13.0 Å². The van der Waals surface area contributed by atoms with E-state index in [1.165, 1.54) is 17.6 Å². The molecule has 0 saturated heterocycles. The zero-order valence-corrected chi connectivity index (χ0v) is 7.20. The molecule has 1 aromatic rings. The Bertz CT molecular complexity index is 352. The zero-order chi connectivity index (χ0) is 9.14. The van der Waals surface area contributed by atoms with E-state index in [9.17, 15) is 9.59 Å². The maximum atomic E-state index is 11.2. The van der Waals surface area contributed by atoms with E-state index in [-0.39, 0.29) is 11.3 Å². The van der Waals surface area contributed by atoms with Gasteiger partial charge in [0.05, 0.1) is 5.69 Å². The minimum atomic E-state index is -0.120. The van der Waals surface area contributed by atoms with E-state index in [1.807, 2.05) is 6.92 Å². The van der Waals surface area contributed by atoms with E-state index >= 15 is 0 Å². The smallest absolute Gasteiger partial charge is 0.251 e. The SMILES string of the molecule is CCn1c(C(C)=O)cccc1=O. The maximum Gasteiger partial charge on any atom is 0.251 e. The first-order valence-electron chi connectivity index (χ1n) is 3.87. The Morgan fingerprint density at radius 2 is 2.17 bits per heavy atom. The van der Waals surface area contributed by atoms with Crippen LogP contribution in [0.4, 0.5) is 0 Å². The van der Waals surface area contributed by atoms with Crippen molar-refractivity contribution < 1.29 is 4.79 Å². The molecule has 0 radical (unpaired) electrons. The van der Waals surface area contributed by atoms with Crippen LogP contribution in [0.5, 0.6) is 0 Å². The Kier molecular flexibility index (Phi) is 2.43. The summed E-state index contributed by atoms with van der Waals surface area (Å²) in [6.45, 7) is 3.84. The molecule has 0 saturated carbocycles. The lowest BCUT2D eigenvalue weighted by atomic mass is 10.2. The second-order valence-corrected chi connectivity index (χ2v) is 2.55. The number of carbonyl (C=O) groups excluding carboxylic acids is 1. The number of carbonyl (C=O) groups is 1. The van der Waals surface area contributed by atoms with E-state index in [0.717, 1.165) is 0 Å². The lowest BCUT2D eigenvalue weighted by molar-refractivity contribution is 0.100. The van der Waals surface area contributed by atoms with Gasteiger partial charge in [0.2, 0.25) is 0 Å². The number of hydrogen-bond donors (Lipinski definition) is 0. The Balaban J connectivity index is 3.38. The average Bonchev–Trinajstić information content (AvgIpc) is 2.03. The van der Waals surface area contributed by atoms with Crippen LogP contribution in [-0.2, 0) is 6.54 Å². The molecule has 64 valence electrons. The number of nitrogens with zero attached hydrogens (tertiary/aromatic N) is 1. The van der Waals surface area contributed by atoms with Crippen molar-refractivity contribution in [1.82, 2.24) is 4.57 Å². The molecule has 0 unspecified atom stereocenters. The van der Waals surface area contributed by atoms with Gasteiger partial charge in [0.1, 0.15) is 0 Å². The van der Waals surface area contributed by atoms with E-state index in [0.29, 0.717) is 12.2 Å². The number of pyridine rings is 1. The number of hydrogen-bond acceptors (Lipinski definition) is 2. The second kappa shape index (κ2) is 3.34. The molecule has 0 bridgehead atoms. The van der Waals surface area contributed by atoms with Crippen molar-refractivity contribution in [2.75, 3.05) is 0 Å². The molecular weight excluding hydrogens is 154 g/mol. The van der Waals surface area contributed by atoms with Crippen molar-refractivity contribution in [3.8, 4) is 0 Å². The molecule has 1 rings (SSSR count). The summed E-state index contributed by atoms with van der Waals surface area (Å²) in [6, 6.07) is 4.72. The summed E-state index contributed by atoms with van der Waals surface area (Å²) >= 11 is 0. The number of ketones is 1. The molecule has 12 heavy (non-hydrogen) atoms. The van der Waals surface area contributed by atoms with Crippen LogP contribution < -0.4 is 5.56 Å². The molecule has 0 atom stereocenters. The fourth-order valence-corrected chi connectivity index (χ4v) is 1.15. The van der Waals surface area contributed by atoms with Crippen LogP contribution in [0.3, 0.4) is 0 Å². The molecule has 0 amide bonds. The Morgan fingerprint density at radius 1 is 1.50 bits per heavy atom. The third-order valence-electron chi connectivity index (χ3n) is 1.73. The first-order valence-corrected chi connectivity index (χ1v) is 3.87. The predicted octanol–water partition coefficient (Wildman–Crippen LogP) is 1.07. The van der Waals surface area contributed by atoms with Crippen molar-refractivity contribution in [3.63, 3.8) is 0 Å². The fraction of sp³-hybridized carbons (Fsp3) is 0.333. The highest BCUT2D eigenvalue weighted by Crippen LogP contribution is 1.96. The fourth-order valence-electron chi connectivity index (χ4n) is 1.15. The third-order valence-corrected chi connectivity index (χ3v) is 1.73. The highest BCUT2D eigenvalue weighted by molar-refractivity contribution is 5.92. The van der Waals surface area contributed by atoms with E-state index in [4.69, 9.17) is 0 Å². The summed E-state index contributed by atoms with van der Waals surface area (Å²) < 4.78 is 1.46. The lowest BCUT2D eigenvalue weighted by Crippen LogP contribution is -2.23. The predicted molar refractivity (Wildman–Crippen MR) is 46.4 cm³/mol. The Hall–Kier alpha value is -1.38. The van der Waals surface area contributed by atoms with Gasteiger partial charge >= 0.3 is 0 Å². The molecule has 0 aliphatic carbocycles. The van der Waals surface area contributed by atoms with Crippen LogP contribution in [0.25, 0.3) is 0 Å². The topological polar surface area (TPSA) is 39.1 Å². The molecule has 1 aromatic heterocycles. The van der Waals surface area contributed by atoms with Crippen molar-refractivity contribution in [2.24, 2.45) is 0 Å². The summed E-state index contributed by atoms with van der Waals surface area (Å²) in [4.78, 5) is 22.2. The monoisotopic (exact) mass is 165 g/mol. The van der Waals surface area contributed by atoms with Gasteiger partial charge in [0.15, 0.2) is 5.78 Å². The molecule has 0 N–H and O–H groups in total. The van der Waals surface area contributed by atoms with E-state index in [2.05, 4.69) is 0 Å².